The first kappa shape index (κ1) is 16.6. The fourth-order valence-electron chi connectivity index (χ4n) is 2.17. The number of sulfonamides is 1. The van der Waals surface area contributed by atoms with Gasteiger partial charge in [0.2, 0.25) is 16.4 Å². The highest BCUT2D eigenvalue weighted by atomic mass is 35.5. The Labute approximate surface area is 133 Å². The molecular formula is C13H16ClN3O4S. The van der Waals surface area contributed by atoms with Gasteiger partial charge in [-0.25, -0.2) is 8.42 Å². The molecule has 0 bridgehead atoms. The van der Waals surface area contributed by atoms with E-state index in [0.29, 0.717) is 37.4 Å². The number of carbonyl (C=O) groups excluding carboxylic acids is 2. The second-order valence-corrected chi connectivity index (χ2v) is 7.16. The number of amides is 2. The van der Waals surface area contributed by atoms with E-state index in [1.54, 1.807) is 9.80 Å². The van der Waals surface area contributed by atoms with Crippen LogP contribution in [-0.2, 0) is 14.8 Å². The second kappa shape index (κ2) is 6.53. The molecule has 1 aliphatic heterocycles. The number of anilines is 1. The molecule has 1 saturated heterocycles. The van der Waals surface area contributed by atoms with Gasteiger partial charge in [-0.15, -0.1) is 0 Å². The number of nitrogens with one attached hydrogen (secondary N) is 1. The molecule has 2 rings (SSSR count). The van der Waals surface area contributed by atoms with E-state index in [4.69, 9.17) is 11.6 Å². The first-order valence-electron chi connectivity index (χ1n) is 6.56. The fourth-order valence-corrected chi connectivity index (χ4v) is 2.98. The Morgan fingerprint density at radius 1 is 1.27 bits per heavy atom. The van der Waals surface area contributed by atoms with Crippen LogP contribution < -0.4 is 4.72 Å². The number of piperazine rings is 1. The Balaban J connectivity index is 2.12. The third-order valence-electron chi connectivity index (χ3n) is 3.25. The van der Waals surface area contributed by atoms with Crippen molar-refractivity contribution in [1.82, 2.24) is 9.80 Å². The number of benzene rings is 1. The molecule has 9 heteroatoms. The van der Waals surface area contributed by atoms with Crippen LogP contribution in [0.2, 0.25) is 5.02 Å². The van der Waals surface area contributed by atoms with Crippen LogP contribution in [0.1, 0.15) is 10.4 Å². The normalized spacial score (nSPS) is 15.5. The SMILES string of the molecule is CS(=O)(=O)Nc1ccc(C(=O)N2CCN(C=O)CC2)c(Cl)c1. The van der Waals surface area contributed by atoms with E-state index in [0.717, 1.165) is 12.7 Å². The third-order valence-corrected chi connectivity index (χ3v) is 4.17. The van der Waals surface area contributed by atoms with Crippen LogP contribution in [0.5, 0.6) is 0 Å². The zero-order chi connectivity index (χ0) is 16.3. The first-order chi connectivity index (χ1) is 10.3. The molecule has 1 fully saturated rings. The van der Waals surface area contributed by atoms with Gasteiger partial charge in [0.05, 0.1) is 16.8 Å². The maximum atomic E-state index is 12.4. The van der Waals surface area contributed by atoms with Gasteiger partial charge in [-0.2, -0.15) is 0 Å². The third kappa shape index (κ3) is 4.11. The summed E-state index contributed by atoms with van der Waals surface area (Å²) in [5.41, 5.74) is 0.607. The Morgan fingerprint density at radius 2 is 1.91 bits per heavy atom. The molecule has 120 valence electrons. The van der Waals surface area contributed by atoms with Gasteiger partial charge in [0.25, 0.3) is 5.91 Å². The second-order valence-electron chi connectivity index (χ2n) is 5.00. The summed E-state index contributed by atoms with van der Waals surface area (Å²) in [4.78, 5) is 26.3. The predicted molar refractivity (Wildman–Crippen MR) is 83.5 cm³/mol. The Hall–Kier alpha value is -1.80. The molecule has 0 unspecified atom stereocenters. The van der Waals surface area contributed by atoms with Crippen molar-refractivity contribution in [3.05, 3.63) is 28.8 Å². The van der Waals surface area contributed by atoms with Crippen LogP contribution in [0.4, 0.5) is 5.69 Å². The average Bonchev–Trinajstić information content (AvgIpc) is 2.45. The molecule has 1 aromatic carbocycles. The number of nitrogens with zero attached hydrogens (tertiary/aromatic N) is 2. The maximum Gasteiger partial charge on any atom is 0.255 e. The number of carbonyl (C=O) groups is 2. The van der Waals surface area contributed by atoms with Crippen molar-refractivity contribution in [3.8, 4) is 0 Å². The minimum absolute atomic E-state index is 0.177. The zero-order valence-electron chi connectivity index (χ0n) is 12.0. The van der Waals surface area contributed by atoms with Gasteiger partial charge in [-0.3, -0.25) is 14.3 Å². The smallest absolute Gasteiger partial charge is 0.255 e. The van der Waals surface area contributed by atoms with Gasteiger partial charge in [-0.05, 0) is 18.2 Å². The summed E-state index contributed by atoms with van der Waals surface area (Å²) < 4.78 is 24.6. The highest BCUT2D eigenvalue weighted by Gasteiger charge is 2.23. The average molecular weight is 346 g/mol. The van der Waals surface area contributed by atoms with Crippen molar-refractivity contribution in [3.63, 3.8) is 0 Å². The molecule has 1 N–H and O–H groups in total. The number of rotatable bonds is 4. The molecule has 0 spiro atoms. The van der Waals surface area contributed by atoms with Crippen LogP contribution >= 0.6 is 11.6 Å². The van der Waals surface area contributed by atoms with Gasteiger partial charge in [0.1, 0.15) is 0 Å². The minimum atomic E-state index is -3.40. The quantitative estimate of drug-likeness (QED) is 0.811. The Bertz CT molecular complexity index is 685. The highest BCUT2D eigenvalue weighted by molar-refractivity contribution is 7.92. The Morgan fingerprint density at radius 3 is 2.41 bits per heavy atom. The maximum absolute atomic E-state index is 12.4. The minimum Gasteiger partial charge on any atom is -0.342 e. The van der Waals surface area contributed by atoms with Gasteiger partial charge >= 0.3 is 0 Å². The first-order valence-corrected chi connectivity index (χ1v) is 8.83. The molecule has 0 aromatic heterocycles. The summed E-state index contributed by atoms with van der Waals surface area (Å²) in [6.45, 7) is 1.86. The molecule has 22 heavy (non-hydrogen) atoms. The van der Waals surface area contributed by atoms with Crippen molar-refractivity contribution in [2.45, 2.75) is 0 Å². The van der Waals surface area contributed by atoms with Crippen molar-refractivity contribution in [2.75, 3.05) is 37.2 Å². The predicted octanol–water partition coefficient (Wildman–Crippen LogP) is 0.626. The van der Waals surface area contributed by atoms with Crippen LogP contribution in [0.25, 0.3) is 0 Å². The monoisotopic (exact) mass is 345 g/mol. The van der Waals surface area contributed by atoms with Gasteiger partial charge in [0, 0.05) is 31.9 Å². The molecule has 7 nitrogen and oxygen atoms in total. The number of halogens is 1. The lowest BCUT2D eigenvalue weighted by molar-refractivity contribution is -0.119. The van der Waals surface area contributed by atoms with Gasteiger partial charge in [-0.1, -0.05) is 11.6 Å². The molecule has 1 aliphatic rings. The van der Waals surface area contributed by atoms with E-state index >= 15 is 0 Å². The van der Waals surface area contributed by atoms with Crippen molar-refractivity contribution >= 4 is 39.6 Å². The van der Waals surface area contributed by atoms with Crippen molar-refractivity contribution in [1.29, 1.82) is 0 Å². The van der Waals surface area contributed by atoms with E-state index < -0.39 is 10.0 Å². The van der Waals surface area contributed by atoms with E-state index in [1.165, 1.54) is 18.2 Å². The summed E-state index contributed by atoms with van der Waals surface area (Å²) >= 11 is 6.08. The van der Waals surface area contributed by atoms with Gasteiger partial charge in [0.15, 0.2) is 0 Å². The van der Waals surface area contributed by atoms with Gasteiger partial charge < -0.3 is 9.80 Å². The standard InChI is InChI=1S/C13H16ClN3O4S/c1-22(20,21)15-10-2-3-11(12(14)8-10)13(19)17-6-4-16(9-18)5-7-17/h2-3,8-9,15H,4-7H2,1H3. The van der Waals surface area contributed by atoms with E-state index in [2.05, 4.69) is 4.72 Å². The molecule has 1 heterocycles. The molecule has 1 aromatic rings. The topological polar surface area (TPSA) is 86.8 Å². The number of hydrogen-bond donors (Lipinski definition) is 1. The van der Waals surface area contributed by atoms with E-state index in [-0.39, 0.29) is 10.9 Å². The summed E-state index contributed by atoms with van der Waals surface area (Å²) in [5, 5.41) is 0.177. The van der Waals surface area contributed by atoms with Crippen molar-refractivity contribution in [2.24, 2.45) is 0 Å². The summed E-state index contributed by atoms with van der Waals surface area (Å²) in [5.74, 6) is -0.235. The molecular weight excluding hydrogens is 330 g/mol. The van der Waals surface area contributed by atoms with Crippen LogP contribution in [-0.4, -0.2) is 63.0 Å². The van der Waals surface area contributed by atoms with E-state index in [1.807, 2.05) is 0 Å². The van der Waals surface area contributed by atoms with Crippen molar-refractivity contribution < 1.29 is 18.0 Å². The molecule has 0 radical (unpaired) electrons. The molecule has 0 aliphatic carbocycles. The zero-order valence-corrected chi connectivity index (χ0v) is 13.5. The van der Waals surface area contributed by atoms with Crippen LogP contribution in [0, 0.1) is 0 Å². The highest BCUT2D eigenvalue weighted by Crippen LogP contribution is 2.23. The van der Waals surface area contributed by atoms with Crippen LogP contribution in [0.15, 0.2) is 18.2 Å². The molecule has 2 amide bonds. The lowest BCUT2D eigenvalue weighted by Gasteiger charge is -2.32. The summed E-state index contributed by atoms with van der Waals surface area (Å²) in [6.07, 6.45) is 1.80. The Kier molecular flexibility index (Phi) is 4.92. The van der Waals surface area contributed by atoms with Crippen LogP contribution in [0.3, 0.4) is 0 Å². The summed E-state index contributed by atoms with van der Waals surface area (Å²) in [6, 6.07) is 4.38. The lowest BCUT2D eigenvalue weighted by atomic mass is 10.1. The fraction of sp³-hybridized carbons (Fsp3) is 0.385. The lowest BCUT2D eigenvalue weighted by Crippen LogP contribution is -2.48. The number of hydrogen-bond acceptors (Lipinski definition) is 4. The largest absolute Gasteiger partial charge is 0.342 e. The van der Waals surface area contributed by atoms with E-state index in [9.17, 15) is 18.0 Å². The molecule has 0 atom stereocenters. The molecule has 0 saturated carbocycles. The summed E-state index contributed by atoms with van der Waals surface area (Å²) in [7, 11) is -3.40.